The number of rotatable bonds is 2. The van der Waals surface area contributed by atoms with Gasteiger partial charge in [-0.1, -0.05) is 46.3 Å². The van der Waals surface area contributed by atoms with Gasteiger partial charge in [0.15, 0.2) is 0 Å². The molecular formula is C16H21BrN4O. The van der Waals surface area contributed by atoms with Crippen molar-refractivity contribution in [3.05, 3.63) is 35.9 Å². The van der Waals surface area contributed by atoms with E-state index >= 15 is 0 Å². The molecule has 3 heterocycles. The summed E-state index contributed by atoms with van der Waals surface area (Å²) in [4.78, 5) is 14.9. The third-order valence-corrected chi connectivity index (χ3v) is 6.21. The number of amides is 1. The summed E-state index contributed by atoms with van der Waals surface area (Å²) in [5.41, 5.74) is 7.65. The number of carbonyl (C=O) groups excluding carboxylic acids is 1. The Morgan fingerprint density at radius 1 is 1.09 bits per heavy atom. The van der Waals surface area contributed by atoms with Gasteiger partial charge in [0.05, 0.1) is 10.9 Å². The quantitative estimate of drug-likeness (QED) is 0.674. The first kappa shape index (κ1) is 14.6. The van der Waals surface area contributed by atoms with E-state index in [1.54, 1.807) is 0 Å². The molecule has 3 aliphatic heterocycles. The molecule has 0 aromatic heterocycles. The molecule has 3 saturated heterocycles. The highest BCUT2D eigenvalue weighted by Gasteiger charge is 2.45. The summed E-state index contributed by atoms with van der Waals surface area (Å²) in [6, 6.07) is 10.1. The van der Waals surface area contributed by atoms with Crippen LogP contribution in [0.2, 0.25) is 0 Å². The predicted octanol–water partition coefficient (Wildman–Crippen LogP) is 0.645. The molecule has 1 amide bonds. The minimum absolute atomic E-state index is 0.0564. The molecule has 1 aromatic rings. The average molecular weight is 365 g/mol. The van der Waals surface area contributed by atoms with Crippen LogP contribution in [0.3, 0.4) is 0 Å². The van der Waals surface area contributed by atoms with Crippen molar-refractivity contribution in [1.29, 1.82) is 0 Å². The van der Waals surface area contributed by atoms with Gasteiger partial charge in [-0.15, -0.1) is 0 Å². The molecule has 3 aliphatic rings. The molecule has 1 aromatic carbocycles. The van der Waals surface area contributed by atoms with E-state index in [0.29, 0.717) is 11.8 Å². The van der Waals surface area contributed by atoms with Crippen LogP contribution in [0.25, 0.3) is 0 Å². The first-order valence-electron chi connectivity index (χ1n) is 7.93. The zero-order valence-corrected chi connectivity index (χ0v) is 13.9. The second-order valence-corrected chi connectivity index (χ2v) is 7.58. The van der Waals surface area contributed by atoms with Gasteiger partial charge in [-0.2, -0.15) is 0 Å². The van der Waals surface area contributed by atoms with E-state index in [1.807, 2.05) is 23.1 Å². The van der Waals surface area contributed by atoms with E-state index in [1.165, 1.54) is 5.56 Å². The maximum absolute atomic E-state index is 12.8. The lowest BCUT2D eigenvalue weighted by Crippen LogP contribution is -2.48. The summed E-state index contributed by atoms with van der Waals surface area (Å²) in [5, 5.41) is 3.42. The predicted molar refractivity (Wildman–Crippen MR) is 88.4 cm³/mol. The molecule has 0 bridgehead atoms. The van der Waals surface area contributed by atoms with Crippen molar-refractivity contribution in [1.82, 2.24) is 21.1 Å². The second-order valence-electron chi connectivity index (χ2n) is 6.52. The van der Waals surface area contributed by atoms with Crippen LogP contribution < -0.4 is 16.2 Å². The molecule has 5 nitrogen and oxygen atoms in total. The number of benzene rings is 1. The number of halogens is 1. The largest absolute Gasteiger partial charge is 0.341 e. The number of nitrogens with one attached hydrogen (secondary N) is 3. The van der Waals surface area contributed by atoms with E-state index in [4.69, 9.17) is 0 Å². The fourth-order valence-corrected chi connectivity index (χ4v) is 4.68. The SMILES string of the molecule is O=C(C1NNC(c2ccccc2)C1Br)N1C[C@H]2CNC[C@H]2C1. The average Bonchev–Trinajstić information content (AvgIpc) is 3.21. The first-order chi connectivity index (χ1) is 10.7. The summed E-state index contributed by atoms with van der Waals surface area (Å²) in [5.74, 6) is 1.48. The molecule has 0 radical (unpaired) electrons. The summed E-state index contributed by atoms with van der Waals surface area (Å²) >= 11 is 3.73. The highest BCUT2D eigenvalue weighted by Crippen LogP contribution is 2.32. The minimum atomic E-state index is -0.211. The number of likely N-dealkylation sites (tertiary alicyclic amines) is 1. The molecule has 4 rings (SSSR count). The van der Waals surface area contributed by atoms with Crippen molar-refractivity contribution < 1.29 is 4.79 Å². The number of hydrogen-bond donors (Lipinski definition) is 3. The summed E-state index contributed by atoms with van der Waals surface area (Å²) < 4.78 is 0. The van der Waals surface area contributed by atoms with Gasteiger partial charge >= 0.3 is 0 Å². The van der Waals surface area contributed by atoms with Crippen LogP contribution in [0.5, 0.6) is 0 Å². The molecule has 3 unspecified atom stereocenters. The number of hydrazine groups is 1. The van der Waals surface area contributed by atoms with E-state index in [-0.39, 0.29) is 22.8 Å². The normalized spacial score (nSPS) is 37.5. The van der Waals surface area contributed by atoms with Gasteiger partial charge in [-0.25, -0.2) is 10.9 Å². The van der Waals surface area contributed by atoms with Gasteiger partial charge in [-0.05, 0) is 17.4 Å². The van der Waals surface area contributed by atoms with Crippen LogP contribution in [-0.4, -0.2) is 47.9 Å². The first-order valence-corrected chi connectivity index (χ1v) is 8.85. The zero-order chi connectivity index (χ0) is 15.1. The topological polar surface area (TPSA) is 56.4 Å². The molecule has 0 aliphatic carbocycles. The summed E-state index contributed by atoms with van der Waals surface area (Å²) in [6.45, 7) is 3.89. The lowest BCUT2D eigenvalue weighted by Gasteiger charge is -2.23. The summed E-state index contributed by atoms with van der Waals surface area (Å²) in [7, 11) is 0. The third-order valence-electron chi connectivity index (χ3n) is 5.16. The van der Waals surface area contributed by atoms with Crippen LogP contribution in [0.4, 0.5) is 0 Å². The number of carbonyl (C=O) groups is 1. The van der Waals surface area contributed by atoms with Gasteiger partial charge in [0.1, 0.15) is 6.04 Å². The molecule has 118 valence electrons. The summed E-state index contributed by atoms with van der Waals surface area (Å²) in [6.07, 6.45) is 0. The molecule has 3 fully saturated rings. The standard InChI is InChI=1S/C16H21BrN4O/c17-13-14(10-4-2-1-3-5-10)19-20-15(13)16(22)21-8-11-6-18-7-12(11)9-21/h1-5,11-15,18-20H,6-9H2/t11-,12+,13?,14?,15?. The fourth-order valence-electron chi connectivity index (χ4n) is 3.89. The van der Waals surface area contributed by atoms with Gasteiger partial charge < -0.3 is 10.2 Å². The lowest BCUT2D eigenvalue weighted by molar-refractivity contribution is -0.132. The Morgan fingerprint density at radius 2 is 1.77 bits per heavy atom. The Hall–Kier alpha value is -0.950. The van der Waals surface area contributed by atoms with E-state index < -0.39 is 0 Å². The zero-order valence-electron chi connectivity index (χ0n) is 12.3. The fraction of sp³-hybridized carbons (Fsp3) is 0.562. The van der Waals surface area contributed by atoms with Crippen molar-refractivity contribution in [2.75, 3.05) is 26.2 Å². The lowest BCUT2D eigenvalue weighted by atomic mass is 10.0. The van der Waals surface area contributed by atoms with Gasteiger partial charge in [-0.3, -0.25) is 4.79 Å². The Morgan fingerprint density at radius 3 is 2.45 bits per heavy atom. The molecule has 22 heavy (non-hydrogen) atoms. The van der Waals surface area contributed by atoms with E-state index in [0.717, 1.165) is 26.2 Å². The Labute approximate surface area is 138 Å². The molecule has 5 atom stereocenters. The monoisotopic (exact) mass is 364 g/mol. The van der Waals surface area contributed by atoms with Crippen LogP contribution in [-0.2, 0) is 4.79 Å². The van der Waals surface area contributed by atoms with E-state index in [9.17, 15) is 4.79 Å². The van der Waals surface area contributed by atoms with Gasteiger partial charge in [0, 0.05) is 26.2 Å². The Balaban J connectivity index is 1.44. The Bertz CT molecular complexity index is 542. The third kappa shape index (κ3) is 2.48. The second kappa shape index (κ2) is 5.92. The molecular weight excluding hydrogens is 344 g/mol. The van der Waals surface area contributed by atoms with E-state index in [2.05, 4.69) is 44.2 Å². The number of nitrogens with zero attached hydrogens (tertiary/aromatic N) is 1. The molecule has 3 N–H and O–H groups in total. The van der Waals surface area contributed by atoms with Crippen molar-refractivity contribution in [3.8, 4) is 0 Å². The molecule has 0 spiro atoms. The Kier molecular flexibility index (Phi) is 3.94. The number of fused-ring (bicyclic) bond motifs is 1. The minimum Gasteiger partial charge on any atom is -0.341 e. The molecule has 6 heteroatoms. The maximum Gasteiger partial charge on any atom is 0.242 e. The maximum atomic E-state index is 12.8. The highest BCUT2D eigenvalue weighted by atomic mass is 79.9. The molecule has 0 saturated carbocycles. The van der Waals surface area contributed by atoms with Crippen molar-refractivity contribution in [3.63, 3.8) is 0 Å². The van der Waals surface area contributed by atoms with Crippen molar-refractivity contribution >= 4 is 21.8 Å². The van der Waals surface area contributed by atoms with Crippen molar-refractivity contribution in [2.45, 2.75) is 16.9 Å². The van der Waals surface area contributed by atoms with Crippen LogP contribution in [0.15, 0.2) is 30.3 Å². The van der Waals surface area contributed by atoms with Crippen molar-refractivity contribution in [2.24, 2.45) is 11.8 Å². The van der Waals surface area contributed by atoms with Crippen LogP contribution in [0.1, 0.15) is 11.6 Å². The van der Waals surface area contributed by atoms with Crippen LogP contribution >= 0.6 is 15.9 Å². The smallest absolute Gasteiger partial charge is 0.242 e. The number of alkyl halides is 1. The van der Waals surface area contributed by atoms with Gasteiger partial charge in [0.25, 0.3) is 0 Å². The van der Waals surface area contributed by atoms with Gasteiger partial charge in [0.2, 0.25) is 5.91 Å². The highest BCUT2D eigenvalue weighted by molar-refractivity contribution is 9.09. The van der Waals surface area contributed by atoms with Crippen LogP contribution in [0, 0.1) is 11.8 Å². The number of hydrogen-bond acceptors (Lipinski definition) is 4.